The van der Waals surface area contributed by atoms with E-state index in [4.69, 9.17) is 9.47 Å². The monoisotopic (exact) mass is 340 g/mol. The van der Waals surface area contributed by atoms with Crippen LogP contribution in [0.3, 0.4) is 0 Å². The Balaban J connectivity index is 1.61. The molecule has 0 fully saturated rings. The molecule has 2 aromatic rings. The van der Waals surface area contributed by atoms with Gasteiger partial charge in [-0.2, -0.15) is 0 Å². The molecular formula is C20H24N2O3. The van der Waals surface area contributed by atoms with E-state index in [0.29, 0.717) is 25.4 Å². The minimum Gasteiger partial charge on any atom is -0.486 e. The van der Waals surface area contributed by atoms with E-state index < -0.39 is 0 Å². The van der Waals surface area contributed by atoms with Crippen LogP contribution in [-0.4, -0.2) is 32.2 Å². The van der Waals surface area contributed by atoms with Crippen molar-refractivity contribution in [2.75, 3.05) is 36.5 Å². The van der Waals surface area contributed by atoms with Crippen molar-refractivity contribution in [2.45, 2.75) is 20.3 Å². The van der Waals surface area contributed by atoms with Gasteiger partial charge in [0.15, 0.2) is 11.5 Å². The summed E-state index contributed by atoms with van der Waals surface area (Å²) in [5, 5.41) is 2.94. The Kier molecular flexibility index (Phi) is 5.43. The van der Waals surface area contributed by atoms with Crippen LogP contribution in [0.2, 0.25) is 0 Å². The number of ether oxygens (including phenoxy) is 2. The highest BCUT2D eigenvalue weighted by atomic mass is 16.6. The molecule has 0 bridgehead atoms. The average molecular weight is 340 g/mol. The molecule has 1 amide bonds. The maximum atomic E-state index is 12.3. The Hall–Kier alpha value is -2.69. The Labute approximate surface area is 148 Å². The number of carbonyl (C=O) groups is 1. The largest absolute Gasteiger partial charge is 0.486 e. The van der Waals surface area contributed by atoms with Crippen LogP contribution in [0.5, 0.6) is 11.5 Å². The van der Waals surface area contributed by atoms with Gasteiger partial charge in [-0.05, 0) is 55.8 Å². The van der Waals surface area contributed by atoms with E-state index >= 15 is 0 Å². The molecule has 2 aromatic carbocycles. The van der Waals surface area contributed by atoms with E-state index in [1.165, 1.54) is 0 Å². The third-order valence-corrected chi connectivity index (χ3v) is 4.25. The third-order valence-electron chi connectivity index (χ3n) is 4.25. The maximum Gasteiger partial charge on any atom is 0.228 e. The second kappa shape index (κ2) is 7.92. The average Bonchev–Trinajstić information content (AvgIpc) is 2.64. The molecule has 0 atom stereocenters. The van der Waals surface area contributed by atoms with E-state index in [0.717, 1.165) is 35.8 Å². The van der Waals surface area contributed by atoms with Gasteiger partial charge < -0.3 is 19.7 Å². The Morgan fingerprint density at radius 2 is 1.68 bits per heavy atom. The fourth-order valence-electron chi connectivity index (χ4n) is 2.93. The first kappa shape index (κ1) is 17.1. The number of hydrogen-bond donors (Lipinski definition) is 1. The van der Waals surface area contributed by atoms with Crippen LogP contribution in [0.15, 0.2) is 42.5 Å². The number of rotatable bonds is 6. The smallest absolute Gasteiger partial charge is 0.228 e. The number of fused-ring (bicyclic) bond motifs is 1. The Morgan fingerprint density at radius 3 is 2.36 bits per heavy atom. The molecule has 0 spiro atoms. The number of nitrogens with one attached hydrogen (secondary N) is 1. The second-order valence-corrected chi connectivity index (χ2v) is 5.92. The number of anilines is 2. The molecule has 132 valence electrons. The fraction of sp³-hybridized carbons (Fsp3) is 0.350. The van der Waals surface area contributed by atoms with Gasteiger partial charge in [0.25, 0.3) is 0 Å². The highest BCUT2D eigenvalue weighted by Gasteiger charge is 2.13. The number of amides is 1. The van der Waals surface area contributed by atoms with Crippen molar-refractivity contribution in [1.29, 1.82) is 0 Å². The summed E-state index contributed by atoms with van der Waals surface area (Å²) in [6.45, 7) is 7.30. The molecule has 5 heteroatoms. The van der Waals surface area contributed by atoms with E-state index in [1.54, 1.807) is 0 Å². The van der Waals surface area contributed by atoms with E-state index in [1.807, 2.05) is 42.5 Å². The van der Waals surface area contributed by atoms with Gasteiger partial charge in [-0.3, -0.25) is 4.79 Å². The molecule has 0 saturated heterocycles. The quantitative estimate of drug-likeness (QED) is 0.875. The van der Waals surface area contributed by atoms with Crippen LogP contribution in [0, 0.1) is 0 Å². The van der Waals surface area contributed by atoms with Crippen LogP contribution in [-0.2, 0) is 11.2 Å². The van der Waals surface area contributed by atoms with Crippen molar-refractivity contribution in [3.05, 3.63) is 48.0 Å². The third kappa shape index (κ3) is 4.24. The molecule has 25 heavy (non-hydrogen) atoms. The molecule has 0 aromatic heterocycles. The molecule has 0 aliphatic carbocycles. The van der Waals surface area contributed by atoms with Crippen LogP contribution < -0.4 is 19.7 Å². The predicted molar refractivity (Wildman–Crippen MR) is 99.8 cm³/mol. The van der Waals surface area contributed by atoms with Crippen molar-refractivity contribution in [3.8, 4) is 11.5 Å². The highest BCUT2D eigenvalue weighted by molar-refractivity contribution is 5.92. The van der Waals surface area contributed by atoms with Gasteiger partial charge in [0, 0.05) is 24.5 Å². The van der Waals surface area contributed by atoms with Crippen molar-refractivity contribution in [3.63, 3.8) is 0 Å². The molecule has 3 rings (SSSR count). The lowest BCUT2D eigenvalue weighted by molar-refractivity contribution is -0.115. The summed E-state index contributed by atoms with van der Waals surface area (Å²) in [4.78, 5) is 14.6. The van der Waals surface area contributed by atoms with Gasteiger partial charge in [0.2, 0.25) is 5.91 Å². The normalized spacial score (nSPS) is 12.6. The number of benzene rings is 2. The van der Waals surface area contributed by atoms with Crippen LogP contribution in [0.25, 0.3) is 0 Å². The molecule has 0 saturated carbocycles. The number of carbonyl (C=O) groups excluding carboxylic acids is 1. The minimum atomic E-state index is -0.0488. The van der Waals surface area contributed by atoms with Gasteiger partial charge in [0.05, 0.1) is 6.42 Å². The van der Waals surface area contributed by atoms with Crippen LogP contribution in [0.1, 0.15) is 19.4 Å². The van der Waals surface area contributed by atoms with Gasteiger partial charge in [-0.1, -0.05) is 6.07 Å². The Bertz CT molecular complexity index is 724. The molecular weight excluding hydrogens is 316 g/mol. The second-order valence-electron chi connectivity index (χ2n) is 5.92. The summed E-state index contributed by atoms with van der Waals surface area (Å²) in [5.74, 6) is 1.40. The molecule has 0 radical (unpaired) electrons. The molecule has 5 nitrogen and oxygen atoms in total. The molecule has 1 aliphatic rings. The summed E-state index contributed by atoms with van der Waals surface area (Å²) in [6.07, 6.45) is 0.300. The molecule has 0 unspecified atom stereocenters. The van der Waals surface area contributed by atoms with Crippen LogP contribution >= 0.6 is 0 Å². The summed E-state index contributed by atoms with van der Waals surface area (Å²) in [5.41, 5.74) is 2.87. The number of nitrogens with zero attached hydrogens (tertiary/aromatic N) is 1. The molecule has 1 aliphatic heterocycles. The lowest BCUT2D eigenvalue weighted by atomic mass is 10.1. The summed E-state index contributed by atoms with van der Waals surface area (Å²) in [7, 11) is 0. The van der Waals surface area contributed by atoms with Gasteiger partial charge in [0.1, 0.15) is 13.2 Å². The van der Waals surface area contributed by atoms with E-state index in [-0.39, 0.29) is 5.91 Å². The van der Waals surface area contributed by atoms with Crippen molar-refractivity contribution >= 4 is 17.3 Å². The van der Waals surface area contributed by atoms with Gasteiger partial charge in [-0.15, -0.1) is 0 Å². The van der Waals surface area contributed by atoms with Crippen LogP contribution in [0.4, 0.5) is 11.4 Å². The molecule has 1 N–H and O–H groups in total. The zero-order chi connectivity index (χ0) is 17.6. The summed E-state index contributed by atoms with van der Waals surface area (Å²) < 4.78 is 11.1. The van der Waals surface area contributed by atoms with E-state index in [2.05, 4.69) is 24.1 Å². The summed E-state index contributed by atoms with van der Waals surface area (Å²) >= 11 is 0. The maximum absolute atomic E-state index is 12.3. The van der Waals surface area contributed by atoms with Crippen molar-refractivity contribution in [1.82, 2.24) is 0 Å². The first-order valence-corrected chi connectivity index (χ1v) is 8.73. The standard InChI is InChI=1S/C20H24N2O3/c1-3-22(4-2)17-8-6-16(7-9-17)21-20(23)14-15-5-10-18-19(13-15)25-12-11-24-18/h5-10,13H,3-4,11-12,14H2,1-2H3,(H,21,23). The Morgan fingerprint density at radius 1 is 1.00 bits per heavy atom. The first-order valence-electron chi connectivity index (χ1n) is 8.73. The summed E-state index contributed by atoms with van der Waals surface area (Å²) in [6, 6.07) is 13.6. The first-order chi connectivity index (χ1) is 12.2. The predicted octanol–water partition coefficient (Wildman–Crippen LogP) is 3.49. The van der Waals surface area contributed by atoms with Gasteiger partial charge >= 0.3 is 0 Å². The SMILES string of the molecule is CCN(CC)c1ccc(NC(=O)Cc2ccc3c(c2)OCCO3)cc1. The topological polar surface area (TPSA) is 50.8 Å². The highest BCUT2D eigenvalue weighted by Crippen LogP contribution is 2.31. The van der Waals surface area contributed by atoms with E-state index in [9.17, 15) is 4.79 Å². The van der Waals surface area contributed by atoms with Crippen molar-refractivity contribution in [2.24, 2.45) is 0 Å². The van der Waals surface area contributed by atoms with Crippen molar-refractivity contribution < 1.29 is 14.3 Å². The fourth-order valence-corrected chi connectivity index (χ4v) is 2.93. The zero-order valence-electron chi connectivity index (χ0n) is 14.7. The zero-order valence-corrected chi connectivity index (χ0v) is 14.7. The van der Waals surface area contributed by atoms with Gasteiger partial charge in [-0.25, -0.2) is 0 Å². The molecule has 1 heterocycles. The lowest BCUT2D eigenvalue weighted by Crippen LogP contribution is -2.21. The lowest BCUT2D eigenvalue weighted by Gasteiger charge is -2.21. The minimum absolute atomic E-state index is 0.0488. The number of hydrogen-bond acceptors (Lipinski definition) is 4.